The number of nitrogens with zero attached hydrogens (tertiary/aromatic N) is 2. The van der Waals surface area contributed by atoms with Crippen molar-refractivity contribution >= 4 is 17.3 Å². The van der Waals surface area contributed by atoms with Crippen LogP contribution in [0.3, 0.4) is 0 Å². The third-order valence-corrected chi connectivity index (χ3v) is 3.28. The average Bonchev–Trinajstić information content (AvgIpc) is 2.44. The first-order chi connectivity index (χ1) is 9.16. The minimum atomic E-state index is -0.362. The second kappa shape index (κ2) is 4.40. The van der Waals surface area contributed by atoms with Gasteiger partial charge in [0.1, 0.15) is 6.67 Å². The van der Waals surface area contributed by atoms with Gasteiger partial charge in [0.15, 0.2) is 0 Å². The number of amides is 1. The third-order valence-electron chi connectivity index (χ3n) is 3.28. The number of para-hydroxylation sites is 1. The largest absolute Gasteiger partial charge is 0.320 e. The van der Waals surface area contributed by atoms with Crippen LogP contribution < -0.4 is 4.90 Å². The van der Waals surface area contributed by atoms with E-state index in [2.05, 4.69) is 0 Å². The first-order valence-electron chi connectivity index (χ1n) is 6.11. The van der Waals surface area contributed by atoms with Gasteiger partial charge in [-0.1, -0.05) is 29.8 Å². The van der Waals surface area contributed by atoms with Crippen molar-refractivity contribution in [1.29, 1.82) is 0 Å². The van der Waals surface area contributed by atoms with Crippen LogP contribution in [0.4, 0.5) is 11.4 Å². The zero-order valence-corrected chi connectivity index (χ0v) is 10.6. The fraction of sp³-hybridized carbons (Fsp3) is 0.133. The highest BCUT2D eigenvalue weighted by Crippen LogP contribution is 2.32. The van der Waals surface area contributed by atoms with Gasteiger partial charge in [-0.2, -0.15) is 5.06 Å². The van der Waals surface area contributed by atoms with E-state index in [-0.39, 0.29) is 12.6 Å². The molecule has 96 valence electrons. The molecule has 0 atom stereocenters. The third kappa shape index (κ3) is 1.96. The number of rotatable bonds is 1. The Bertz CT molecular complexity index is 622. The lowest BCUT2D eigenvalue weighted by molar-refractivity contribution is -0.0583. The molecular formula is C15H14N2O2. The highest BCUT2D eigenvalue weighted by molar-refractivity contribution is 6.02. The Morgan fingerprint density at radius 1 is 1.05 bits per heavy atom. The quantitative estimate of drug-likeness (QED) is 0.796. The molecule has 1 N–H and O–H groups in total. The van der Waals surface area contributed by atoms with Crippen molar-refractivity contribution in [2.75, 3.05) is 11.6 Å². The van der Waals surface area contributed by atoms with Gasteiger partial charge in [0.05, 0.1) is 11.3 Å². The number of hydrogen-bond donors (Lipinski definition) is 1. The topological polar surface area (TPSA) is 43.8 Å². The molecule has 0 fully saturated rings. The van der Waals surface area contributed by atoms with Crippen LogP contribution >= 0.6 is 0 Å². The Labute approximate surface area is 111 Å². The number of carbonyl (C=O) groups excluding carboxylic acids is 1. The molecule has 3 rings (SSSR count). The maximum Gasteiger partial charge on any atom is 0.281 e. The van der Waals surface area contributed by atoms with E-state index in [9.17, 15) is 10.0 Å². The second-order valence-electron chi connectivity index (χ2n) is 4.63. The van der Waals surface area contributed by atoms with Crippen LogP contribution in [-0.2, 0) is 0 Å². The lowest BCUT2D eigenvalue weighted by atomic mass is 10.1. The van der Waals surface area contributed by atoms with Crippen LogP contribution in [0.15, 0.2) is 48.5 Å². The first kappa shape index (κ1) is 11.7. The van der Waals surface area contributed by atoms with Gasteiger partial charge in [0, 0.05) is 5.69 Å². The molecule has 0 unspecified atom stereocenters. The summed E-state index contributed by atoms with van der Waals surface area (Å²) in [6.07, 6.45) is 0. The molecule has 0 aliphatic carbocycles. The van der Waals surface area contributed by atoms with Gasteiger partial charge in [-0.15, -0.1) is 0 Å². The van der Waals surface area contributed by atoms with Gasteiger partial charge in [-0.3, -0.25) is 10.0 Å². The normalized spacial score (nSPS) is 14.5. The van der Waals surface area contributed by atoms with E-state index in [1.807, 2.05) is 48.2 Å². The minimum absolute atomic E-state index is 0.138. The fourth-order valence-corrected chi connectivity index (χ4v) is 2.25. The number of fused-ring (bicyclic) bond motifs is 1. The van der Waals surface area contributed by atoms with Crippen molar-refractivity contribution in [1.82, 2.24) is 5.06 Å². The summed E-state index contributed by atoms with van der Waals surface area (Å²) in [5.74, 6) is -0.362. The van der Waals surface area contributed by atoms with Crippen molar-refractivity contribution < 1.29 is 10.0 Å². The Morgan fingerprint density at radius 2 is 1.74 bits per heavy atom. The fourth-order valence-electron chi connectivity index (χ4n) is 2.25. The van der Waals surface area contributed by atoms with Crippen molar-refractivity contribution in [3.63, 3.8) is 0 Å². The molecule has 0 radical (unpaired) electrons. The summed E-state index contributed by atoms with van der Waals surface area (Å²) < 4.78 is 0. The summed E-state index contributed by atoms with van der Waals surface area (Å²) in [4.78, 5) is 13.8. The maximum absolute atomic E-state index is 11.9. The summed E-state index contributed by atoms with van der Waals surface area (Å²) in [7, 11) is 0. The predicted octanol–water partition coefficient (Wildman–Crippen LogP) is 2.94. The molecule has 4 heteroatoms. The highest BCUT2D eigenvalue weighted by Gasteiger charge is 2.28. The van der Waals surface area contributed by atoms with E-state index in [4.69, 9.17) is 0 Å². The predicted molar refractivity (Wildman–Crippen MR) is 72.6 cm³/mol. The molecule has 19 heavy (non-hydrogen) atoms. The van der Waals surface area contributed by atoms with Gasteiger partial charge in [-0.05, 0) is 31.2 Å². The number of carbonyl (C=O) groups is 1. The Balaban J connectivity index is 2.10. The molecule has 2 aromatic rings. The standard InChI is InChI=1S/C15H14N2O2/c1-11-6-8-12(9-7-11)16-10-17(19)15(18)13-4-2-3-5-14(13)16/h2-9,19H,10H2,1H3. The summed E-state index contributed by atoms with van der Waals surface area (Å²) in [6, 6.07) is 15.3. The van der Waals surface area contributed by atoms with E-state index in [0.29, 0.717) is 5.56 Å². The smallest absolute Gasteiger partial charge is 0.281 e. The van der Waals surface area contributed by atoms with Crippen LogP contribution in [0.5, 0.6) is 0 Å². The van der Waals surface area contributed by atoms with E-state index in [1.165, 1.54) is 5.56 Å². The van der Waals surface area contributed by atoms with E-state index < -0.39 is 0 Å². The SMILES string of the molecule is Cc1ccc(N2CN(O)C(=O)c3ccccc32)cc1. The summed E-state index contributed by atoms with van der Waals surface area (Å²) >= 11 is 0. The van der Waals surface area contributed by atoms with E-state index >= 15 is 0 Å². The number of anilines is 2. The molecule has 0 bridgehead atoms. The van der Waals surface area contributed by atoms with Gasteiger partial charge in [0.25, 0.3) is 5.91 Å². The van der Waals surface area contributed by atoms with Crippen molar-refractivity contribution in [2.24, 2.45) is 0 Å². The van der Waals surface area contributed by atoms with Crippen LogP contribution in [0.1, 0.15) is 15.9 Å². The Morgan fingerprint density at radius 3 is 2.47 bits per heavy atom. The monoisotopic (exact) mass is 254 g/mol. The molecule has 1 aliphatic heterocycles. The van der Waals surface area contributed by atoms with Gasteiger partial charge in [0.2, 0.25) is 0 Å². The number of aryl methyl sites for hydroxylation is 1. The van der Waals surface area contributed by atoms with E-state index in [1.54, 1.807) is 12.1 Å². The number of benzene rings is 2. The summed E-state index contributed by atoms with van der Waals surface area (Å²) in [6.45, 7) is 2.16. The van der Waals surface area contributed by atoms with Gasteiger partial charge >= 0.3 is 0 Å². The Hall–Kier alpha value is -2.33. The zero-order chi connectivity index (χ0) is 13.4. The maximum atomic E-state index is 11.9. The molecule has 2 aromatic carbocycles. The molecule has 0 saturated heterocycles. The molecule has 0 spiro atoms. The molecule has 1 heterocycles. The van der Waals surface area contributed by atoms with Crippen molar-refractivity contribution in [3.8, 4) is 0 Å². The lowest BCUT2D eigenvalue weighted by Gasteiger charge is -2.34. The van der Waals surface area contributed by atoms with Crippen molar-refractivity contribution in [2.45, 2.75) is 6.92 Å². The highest BCUT2D eigenvalue weighted by atomic mass is 16.5. The van der Waals surface area contributed by atoms with Gasteiger partial charge < -0.3 is 4.90 Å². The van der Waals surface area contributed by atoms with Crippen LogP contribution in [0.25, 0.3) is 0 Å². The zero-order valence-electron chi connectivity index (χ0n) is 10.6. The van der Waals surface area contributed by atoms with Crippen LogP contribution in [0.2, 0.25) is 0 Å². The van der Waals surface area contributed by atoms with Crippen molar-refractivity contribution in [3.05, 3.63) is 59.7 Å². The Kier molecular flexibility index (Phi) is 2.72. The van der Waals surface area contributed by atoms with Crippen LogP contribution in [-0.4, -0.2) is 22.8 Å². The molecule has 0 aromatic heterocycles. The molecule has 1 amide bonds. The lowest BCUT2D eigenvalue weighted by Crippen LogP contribution is -2.42. The van der Waals surface area contributed by atoms with E-state index in [0.717, 1.165) is 16.4 Å². The summed E-state index contributed by atoms with van der Waals surface area (Å²) in [5.41, 5.74) is 3.45. The molecule has 4 nitrogen and oxygen atoms in total. The van der Waals surface area contributed by atoms with Gasteiger partial charge in [-0.25, -0.2) is 0 Å². The number of hydrogen-bond acceptors (Lipinski definition) is 3. The van der Waals surface area contributed by atoms with Crippen LogP contribution in [0, 0.1) is 6.92 Å². The second-order valence-corrected chi connectivity index (χ2v) is 4.63. The molecule has 0 saturated carbocycles. The average molecular weight is 254 g/mol. The first-order valence-corrected chi connectivity index (χ1v) is 6.11. The number of hydroxylamine groups is 2. The molecular weight excluding hydrogens is 240 g/mol. The molecule has 1 aliphatic rings. The summed E-state index contributed by atoms with van der Waals surface area (Å²) in [5, 5.41) is 10.5. The minimum Gasteiger partial charge on any atom is -0.320 e.